The second-order valence-electron chi connectivity index (χ2n) is 5.48. The van der Waals surface area contributed by atoms with Gasteiger partial charge in [0, 0.05) is 6.54 Å². The van der Waals surface area contributed by atoms with Gasteiger partial charge in [0.2, 0.25) is 0 Å². The number of hydrogen-bond donors (Lipinski definition) is 1. The van der Waals surface area contributed by atoms with Gasteiger partial charge in [-0.25, -0.2) is 0 Å². The quantitative estimate of drug-likeness (QED) is 0.905. The van der Waals surface area contributed by atoms with Crippen molar-refractivity contribution in [2.45, 2.75) is 31.7 Å². The van der Waals surface area contributed by atoms with Gasteiger partial charge in [-0.2, -0.15) is 0 Å². The first-order valence-corrected chi connectivity index (χ1v) is 7.29. The molecule has 0 radical (unpaired) electrons. The maximum atomic E-state index is 5.89. The molecule has 2 aromatic rings. The first-order valence-electron chi connectivity index (χ1n) is 7.29. The molecular formula is C18H21NO. The standard InChI is InChI=1S/C18H21NO/c1-20-17-8-9-18(16(11-17)12-19)15-7-3-6-14(10-15)13-4-2-5-13/h3,6-11,13H,2,4-5,12,19H2,1H3. The van der Waals surface area contributed by atoms with E-state index in [0.29, 0.717) is 6.54 Å². The Kier molecular flexibility index (Phi) is 3.75. The minimum Gasteiger partial charge on any atom is -0.497 e. The van der Waals surface area contributed by atoms with Crippen LogP contribution in [0.15, 0.2) is 42.5 Å². The van der Waals surface area contributed by atoms with Gasteiger partial charge in [0.15, 0.2) is 0 Å². The average Bonchev–Trinajstić information content (AvgIpc) is 2.45. The molecule has 1 fully saturated rings. The minimum atomic E-state index is 0.528. The van der Waals surface area contributed by atoms with Crippen molar-refractivity contribution in [1.82, 2.24) is 0 Å². The molecule has 0 unspecified atom stereocenters. The van der Waals surface area contributed by atoms with Crippen LogP contribution in [-0.4, -0.2) is 7.11 Å². The fraction of sp³-hybridized carbons (Fsp3) is 0.333. The predicted octanol–water partition coefficient (Wildman–Crippen LogP) is 4.09. The number of benzene rings is 2. The maximum absolute atomic E-state index is 5.89. The van der Waals surface area contributed by atoms with Crippen LogP contribution in [0.1, 0.15) is 36.3 Å². The number of nitrogens with two attached hydrogens (primary N) is 1. The van der Waals surface area contributed by atoms with Crippen LogP contribution in [0.2, 0.25) is 0 Å². The molecule has 0 spiro atoms. The number of methoxy groups -OCH3 is 1. The summed E-state index contributed by atoms with van der Waals surface area (Å²) in [5, 5.41) is 0. The van der Waals surface area contributed by atoms with Crippen LogP contribution in [0.25, 0.3) is 11.1 Å². The Morgan fingerprint density at radius 2 is 2.00 bits per heavy atom. The normalized spacial score (nSPS) is 14.9. The van der Waals surface area contributed by atoms with Gasteiger partial charge in [0.1, 0.15) is 5.75 Å². The lowest BCUT2D eigenvalue weighted by Crippen LogP contribution is -2.08. The van der Waals surface area contributed by atoms with Crippen molar-refractivity contribution in [2.24, 2.45) is 5.73 Å². The first kappa shape index (κ1) is 13.2. The van der Waals surface area contributed by atoms with Crippen LogP contribution in [0.5, 0.6) is 5.75 Å². The lowest BCUT2D eigenvalue weighted by Gasteiger charge is -2.26. The van der Waals surface area contributed by atoms with Gasteiger partial charge in [-0.3, -0.25) is 0 Å². The van der Waals surface area contributed by atoms with Crippen molar-refractivity contribution in [3.05, 3.63) is 53.6 Å². The molecule has 2 N–H and O–H groups in total. The van der Waals surface area contributed by atoms with Gasteiger partial charge in [-0.1, -0.05) is 36.8 Å². The van der Waals surface area contributed by atoms with Crippen molar-refractivity contribution in [1.29, 1.82) is 0 Å². The van der Waals surface area contributed by atoms with E-state index in [9.17, 15) is 0 Å². The van der Waals surface area contributed by atoms with Crippen LogP contribution in [-0.2, 0) is 6.54 Å². The molecule has 0 aromatic heterocycles. The second-order valence-corrected chi connectivity index (χ2v) is 5.48. The molecule has 0 heterocycles. The molecule has 1 saturated carbocycles. The summed E-state index contributed by atoms with van der Waals surface area (Å²) in [7, 11) is 1.69. The minimum absolute atomic E-state index is 0.528. The van der Waals surface area contributed by atoms with E-state index in [1.807, 2.05) is 12.1 Å². The SMILES string of the molecule is COc1ccc(-c2cccc(C3CCC3)c2)c(CN)c1. The van der Waals surface area contributed by atoms with Crippen molar-refractivity contribution in [2.75, 3.05) is 7.11 Å². The topological polar surface area (TPSA) is 35.2 Å². The average molecular weight is 267 g/mol. The van der Waals surface area contributed by atoms with E-state index in [4.69, 9.17) is 10.5 Å². The van der Waals surface area contributed by atoms with E-state index in [1.54, 1.807) is 7.11 Å². The van der Waals surface area contributed by atoms with Crippen molar-refractivity contribution in [3.63, 3.8) is 0 Å². The van der Waals surface area contributed by atoms with Crippen molar-refractivity contribution in [3.8, 4) is 16.9 Å². The van der Waals surface area contributed by atoms with Gasteiger partial charge >= 0.3 is 0 Å². The molecule has 0 saturated heterocycles. The summed E-state index contributed by atoms with van der Waals surface area (Å²) in [5.41, 5.74) is 11.0. The summed E-state index contributed by atoms with van der Waals surface area (Å²) in [4.78, 5) is 0. The van der Waals surface area contributed by atoms with Crippen LogP contribution >= 0.6 is 0 Å². The number of ether oxygens (including phenoxy) is 1. The molecule has 2 heteroatoms. The van der Waals surface area contributed by atoms with Gasteiger partial charge in [0.05, 0.1) is 7.11 Å². The highest BCUT2D eigenvalue weighted by Crippen LogP contribution is 2.38. The molecule has 0 amide bonds. The largest absolute Gasteiger partial charge is 0.497 e. The third kappa shape index (κ3) is 2.44. The predicted molar refractivity (Wildman–Crippen MR) is 82.9 cm³/mol. The molecule has 1 aliphatic carbocycles. The molecule has 0 atom stereocenters. The molecule has 20 heavy (non-hydrogen) atoms. The number of rotatable bonds is 4. The smallest absolute Gasteiger partial charge is 0.119 e. The van der Waals surface area contributed by atoms with E-state index in [1.165, 1.54) is 36.0 Å². The summed E-state index contributed by atoms with van der Waals surface area (Å²) in [6.07, 6.45) is 4.02. The Labute approximate surface area is 120 Å². The van der Waals surface area contributed by atoms with Crippen LogP contribution in [0.3, 0.4) is 0 Å². The summed E-state index contributed by atoms with van der Waals surface area (Å²) >= 11 is 0. The van der Waals surface area contributed by atoms with Crippen molar-refractivity contribution < 1.29 is 4.74 Å². The molecule has 3 rings (SSSR count). The second kappa shape index (κ2) is 5.68. The highest BCUT2D eigenvalue weighted by molar-refractivity contribution is 5.69. The molecule has 0 aliphatic heterocycles. The van der Waals surface area contributed by atoms with Crippen LogP contribution in [0.4, 0.5) is 0 Å². The zero-order valence-electron chi connectivity index (χ0n) is 11.9. The van der Waals surface area contributed by atoms with Gasteiger partial charge < -0.3 is 10.5 Å². The lowest BCUT2D eigenvalue weighted by molar-refractivity contribution is 0.414. The lowest BCUT2D eigenvalue weighted by atomic mass is 9.79. The highest BCUT2D eigenvalue weighted by Gasteiger charge is 2.19. The van der Waals surface area contributed by atoms with Gasteiger partial charge in [-0.05, 0) is 53.1 Å². The fourth-order valence-corrected chi connectivity index (χ4v) is 2.85. The first-order chi connectivity index (χ1) is 9.81. The molecule has 0 bridgehead atoms. The summed E-state index contributed by atoms with van der Waals surface area (Å²) in [5.74, 6) is 1.62. The van der Waals surface area contributed by atoms with Gasteiger partial charge in [0.25, 0.3) is 0 Å². The molecule has 104 valence electrons. The monoisotopic (exact) mass is 267 g/mol. The zero-order valence-corrected chi connectivity index (χ0v) is 11.9. The van der Waals surface area contributed by atoms with Crippen molar-refractivity contribution >= 4 is 0 Å². The Morgan fingerprint density at radius 1 is 1.15 bits per heavy atom. The Bertz CT molecular complexity index is 602. The van der Waals surface area contributed by atoms with E-state index < -0.39 is 0 Å². The Hall–Kier alpha value is -1.80. The summed E-state index contributed by atoms with van der Waals surface area (Å²) in [6.45, 7) is 0.528. The Balaban J connectivity index is 1.99. The molecule has 1 aliphatic rings. The fourth-order valence-electron chi connectivity index (χ4n) is 2.85. The molecule has 2 aromatic carbocycles. The maximum Gasteiger partial charge on any atom is 0.119 e. The third-order valence-corrected chi connectivity index (χ3v) is 4.31. The summed E-state index contributed by atoms with van der Waals surface area (Å²) < 4.78 is 5.28. The zero-order chi connectivity index (χ0) is 13.9. The number of hydrogen-bond acceptors (Lipinski definition) is 2. The third-order valence-electron chi connectivity index (χ3n) is 4.31. The van der Waals surface area contributed by atoms with E-state index in [2.05, 4.69) is 30.3 Å². The van der Waals surface area contributed by atoms with Crippen LogP contribution < -0.4 is 10.5 Å². The highest BCUT2D eigenvalue weighted by atomic mass is 16.5. The van der Waals surface area contributed by atoms with E-state index >= 15 is 0 Å². The van der Waals surface area contributed by atoms with E-state index in [-0.39, 0.29) is 0 Å². The Morgan fingerprint density at radius 3 is 2.65 bits per heavy atom. The van der Waals surface area contributed by atoms with Crippen LogP contribution in [0, 0.1) is 0 Å². The van der Waals surface area contributed by atoms with Gasteiger partial charge in [-0.15, -0.1) is 0 Å². The summed E-state index contributed by atoms with van der Waals surface area (Å²) in [6, 6.07) is 15.1. The molecule has 2 nitrogen and oxygen atoms in total. The van der Waals surface area contributed by atoms with E-state index in [0.717, 1.165) is 17.2 Å². The molecular weight excluding hydrogens is 246 g/mol.